The zero-order valence-corrected chi connectivity index (χ0v) is 22.7. The zero-order chi connectivity index (χ0) is 26.5. The van der Waals surface area contributed by atoms with Gasteiger partial charge in [0.05, 0.1) is 22.1 Å². The number of benzene rings is 4. The quantitative estimate of drug-likeness (QED) is 0.188. The molecule has 38 heavy (non-hydrogen) atoms. The standard InChI is InChI=1S/C30H27N3O3S2/c1-3-26(29(35)33-30-32-25-15-14-23(36-4-2)18-27(25)38-30)37-24-11-7-10-22(17-24)31-28(34)21-13-12-19-8-5-6-9-20(19)16-21/h5-18,26H,3-4H2,1-2H3,(H,31,34)(H,32,33,35). The third-order valence-corrected chi connectivity index (χ3v) is 8.24. The van der Waals surface area contributed by atoms with E-state index in [9.17, 15) is 9.59 Å². The Bertz CT molecular complexity index is 1620. The first-order chi connectivity index (χ1) is 18.5. The largest absolute Gasteiger partial charge is 0.494 e. The molecule has 0 aliphatic rings. The molecule has 6 nitrogen and oxygen atoms in total. The van der Waals surface area contributed by atoms with E-state index >= 15 is 0 Å². The molecule has 192 valence electrons. The van der Waals surface area contributed by atoms with E-state index in [2.05, 4.69) is 15.6 Å². The first-order valence-electron chi connectivity index (χ1n) is 12.4. The van der Waals surface area contributed by atoms with Gasteiger partial charge in [-0.15, -0.1) is 11.8 Å². The summed E-state index contributed by atoms with van der Waals surface area (Å²) in [5.41, 5.74) is 2.10. The van der Waals surface area contributed by atoms with E-state index in [4.69, 9.17) is 4.74 Å². The molecule has 2 amide bonds. The number of nitrogens with zero attached hydrogens (tertiary/aromatic N) is 1. The lowest BCUT2D eigenvalue weighted by Crippen LogP contribution is -2.24. The highest BCUT2D eigenvalue weighted by atomic mass is 32.2. The van der Waals surface area contributed by atoms with E-state index in [0.717, 1.165) is 31.6 Å². The summed E-state index contributed by atoms with van der Waals surface area (Å²) in [6.45, 7) is 4.52. The molecule has 1 unspecified atom stereocenters. The van der Waals surface area contributed by atoms with Gasteiger partial charge < -0.3 is 15.4 Å². The topological polar surface area (TPSA) is 80.3 Å². The fourth-order valence-corrected chi connectivity index (χ4v) is 5.98. The van der Waals surface area contributed by atoms with E-state index in [-0.39, 0.29) is 17.1 Å². The molecule has 0 saturated heterocycles. The summed E-state index contributed by atoms with van der Waals surface area (Å²) in [5, 5.41) is 8.31. The van der Waals surface area contributed by atoms with Crippen molar-refractivity contribution in [2.45, 2.75) is 30.4 Å². The van der Waals surface area contributed by atoms with Crippen LogP contribution in [-0.2, 0) is 4.79 Å². The number of fused-ring (bicyclic) bond motifs is 2. The van der Waals surface area contributed by atoms with Crippen LogP contribution in [0.4, 0.5) is 10.8 Å². The summed E-state index contributed by atoms with van der Waals surface area (Å²) in [4.78, 5) is 31.4. The molecule has 1 aromatic heterocycles. The van der Waals surface area contributed by atoms with Gasteiger partial charge in [-0.1, -0.05) is 54.7 Å². The van der Waals surface area contributed by atoms with Crippen molar-refractivity contribution in [2.75, 3.05) is 17.2 Å². The van der Waals surface area contributed by atoms with E-state index in [0.29, 0.717) is 29.4 Å². The first kappa shape index (κ1) is 25.8. The van der Waals surface area contributed by atoms with Gasteiger partial charge in [-0.25, -0.2) is 4.98 Å². The fourth-order valence-electron chi connectivity index (χ4n) is 4.07. The molecule has 0 saturated carbocycles. The average Bonchev–Trinajstić information content (AvgIpc) is 3.33. The molecule has 2 N–H and O–H groups in total. The molecule has 0 aliphatic carbocycles. The van der Waals surface area contributed by atoms with Crippen LogP contribution >= 0.6 is 23.1 Å². The number of carbonyl (C=O) groups excluding carboxylic acids is 2. The lowest BCUT2D eigenvalue weighted by atomic mass is 10.1. The van der Waals surface area contributed by atoms with Crippen molar-refractivity contribution in [2.24, 2.45) is 0 Å². The van der Waals surface area contributed by atoms with Gasteiger partial charge in [0.1, 0.15) is 5.75 Å². The van der Waals surface area contributed by atoms with Crippen LogP contribution in [-0.4, -0.2) is 28.7 Å². The molecule has 0 spiro atoms. The first-order valence-corrected chi connectivity index (χ1v) is 14.1. The Morgan fingerprint density at radius 3 is 2.58 bits per heavy atom. The zero-order valence-electron chi connectivity index (χ0n) is 21.1. The molecule has 0 bridgehead atoms. The second kappa shape index (κ2) is 11.7. The molecule has 4 aromatic carbocycles. The van der Waals surface area contributed by atoms with Crippen molar-refractivity contribution in [1.29, 1.82) is 0 Å². The third-order valence-electron chi connectivity index (χ3n) is 5.95. The lowest BCUT2D eigenvalue weighted by Gasteiger charge is -2.14. The third kappa shape index (κ3) is 5.98. The maximum Gasteiger partial charge on any atom is 0.255 e. The van der Waals surface area contributed by atoms with Crippen LogP contribution < -0.4 is 15.4 Å². The Morgan fingerprint density at radius 1 is 0.921 bits per heavy atom. The highest BCUT2D eigenvalue weighted by molar-refractivity contribution is 8.00. The summed E-state index contributed by atoms with van der Waals surface area (Å²) in [6.07, 6.45) is 0.642. The van der Waals surface area contributed by atoms with Gasteiger partial charge in [0.2, 0.25) is 5.91 Å². The summed E-state index contributed by atoms with van der Waals surface area (Å²) >= 11 is 2.89. The van der Waals surface area contributed by atoms with Crippen molar-refractivity contribution in [3.8, 4) is 5.75 Å². The number of hydrogen-bond acceptors (Lipinski definition) is 6. The van der Waals surface area contributed by atoms with Crippen molar-refractivity contribution < 1.29 is 14.3 Å². The smallest absolute Gasteiger partial charge is 0.255 e. The van der Waals surface area contributed by atoms with Gasteiger partial charge >= 0.3 is 0 Å². The van der Waals surface area contributed by atoms with Crippen LogP contribution in [0.1, 0.15) is 30.6 Å². The van der Waals surface area contributed by atoms with E-state index in [1.165, 1.54) is 23.1 Å². The summed E-state index contributed by atoms with van der Waals surface area (Å²) in [5.74, 6) is 0.509. The number of aromatic nitrogens is 1. The second-order valence-electron chi connectivity index (χ2n) is 8.63. The Kier molecular flexibility index (Phi) is 7.91. The van der Waals surface area contributed by atoms with Gasteiger partial charge in [0.25, 0.3) is 5.91 Å². The maximum atomic E-state index is 13.1. The number of anilines is 2. The molecule has 1 atom stereocenters. The minimum Gasteiger partial charge on any atom is -0.494 e. The Hall–Kier alpha value is -3.88. The minimum atomic E-state index is -0.313. The SMILES string of the molecule is CCOc1ccc2nc(NC(=O)C(CC)Sc3cccc(NC(=O)c4ccc5ccccc5c4)c3)sc2c1. The van der Waals surface area contributed by atoms with Gasteiger partial charge in [0.15, 0.2) is 5.13 Å². The van der Waals surface area contributed by atoms with Gasteiger partial charge in [0, 0.05) is 16.1 Å². The highest BCUT2D eigenvalue weighted by Gasteiger charge is 2.20. The molecule has 5 rings (SSSR count). The van der Waals surface area contributed by atoms with Crippen LogP contribution in [0.15, 0.2) is 89.8 Å². The van der Waals surface area contributed by atoms with E-state index < -0.39 is 0 Å². The Labute approximate surface area is 229 Å². The number of rotatable bonds is 9. The van der Waals surface area contributed by atoms with Crippen LogP contribution in [0.3, 0.4) is 0 Å². The van der Waals surface area contributed by atoms with Crippen LogP contribution in [0.2, 0.25) is 0 Å². The van der Waals surface area contributed by atoms with Crippen molar-refractivity contribution in [1.82, 2.24) is 4.98 Å². The summed E-state index contributed by atoms with van der Waals surface area (Å²) in [7, 11) is 0. The minimum absolute atomic E-state index is 0.104. The highest BCUT2D eigenvalue weighted by Crippen LogP contribution is 2.32. The van der Waals surface area contributed by atoms with E-state index in [1.54, 1.807) is 0 Å². The number of thioether (sulfide) groups is 1. The molecule has 0 radical (unpaired) electrons. The van der Waals surface area contributed by atoms with Gasteiger partial charge in [-0.3, -0.25) is 9.59 Å². The number of carbonyl (C=O) groups is 2. The molecular weight excluding hydrogens is 514 g/mol. The van der Waals surface area contributed by atoms with Gasteiger partial charge in [-0.2, -0.15) is 0 Å². The number of ether oxygens (including phenoxy) is 1. The number of nitrogens with one attached hydrogen (secondary N) is 2. The summed E-state index contributed by atoms with van der Waals surface area (Å²) in [6, 6.07) is 26.9. The second-order valence-corrected chi connectivity index (χ2v) is 10.9. The van der Waals surface area contributed by atoms with Crippen LogP contribution in [0.5, 0.6) is 5.75 Å². The molecule has 1 heterocycles. The molecule has 0 fully saturated rings. The molecule has 0 aliphatic heterocycles. The number of hydrogen-bond donors (Lipinski definition) is 2. The van der Waals surface area contributed by atoms with Gasteiger partial charge in [-0.05, 0) is 72.6 Å². The number of amides is 2. The Morgan fingerprint density at radius 2 is 1.76 bits per heavy atom. The number of thiazole rings is 1. The van der Waals surface area contributed by atoms with E-state index in [1.807, 2.05) is 98.8 Å². The monoisotopic (exact) mass is 541 g/mol. The van der Waals surface area contributed by atoms with Crippen molar-refractivity contribution in [3.05, 3.63) is 90.5 Å². The lowest BCUT2D eigenvalue weighted by molar-refractivity contribution is -0.115. The maximum absolute atomic E-state index is 13.1. The van der Waals surface area contributed by atoms with Crippen LogP contribution in [0, 0.1) is 0 Å². The van der Waals surface area contributed by atoms with Crippen molar-refractivity contribution in [3.63, 3.8) is 0 Å². The normalized spacial score (nSPS) is 11.8. The summed E-state index contributed by atoms with van der Waals surface area (Å²) < 4.78 is 6.52. The molecule has 8 heteroatoms. The predicted octanol–water partition coefficient (Wildman–Crippen LogP) is 7.61. The molecule has 5 aromatic rings. The fraction of sp³-hybridized carbons (Fsp3) is 0.167. The average molecular weight is 542 g/mol. The predicted molar refractivity (Wildman–Crippen MR) is 158 cm³/mol. The van der Waals surface area contributed by atoms with Crippen molar-refractivity contribution >= 4 is 66.7 Å². The molecular formula is C30H27N3O3S2. The Balaban J connectivity index is 1.24. The van der Waals surface area contributed by atoms with Crippen LogP contribution in [0.25, 0.3) is 21.0 Å².